The van der Waals surface area contributed by atoms with Crippen LogP contribution in [0.3, 0.4) is 0 Å². The van der Waals surface area contributed by atoms with Gasteiger partial charge in [0.2, 0.25) is 0 Å². The number of hydrogen-bond acceptors (Lipinski definition) is 6. The maximum atomic E-state index is 12.9. The first-order chi connectivity index (χ1) is 36.5. The zero-order chi connectivity index (χ0) is 53.6. The summed E-state index contributed by atoms with van der Waals surface area (Å²) in [5.74, 6) is -0.896. The molecule has 0 heterocycles. The van der Waals surface area contributed by atoms with Crippen molar-refractivity contribution in [3.63, 3.8) is 0 Å². The number of carbonyl (C=O) groups excluding carboxylic acids is 3. The van der Waals surface area contributed by atoms with E-state index in [0.29, 0.717) is 19.3 Å². The van der Waals surface area contributed by atoms with Crippen LogP contribution < -0.4 is 0 Å². The highest BCUT2D eigenvalue weighted by Gasteiger charge is 2.19. The predicted molar refractivity (Wildman–Crippen MR) is 321 cm³/mol. The van der Waals surface area contributed by atoms with Crippen molar-refractivity contribution in [2.45, 2.75) is 316 Å². The number of unbranched alkanes of at least 4 members (excludes halogenated alkanes) is 32. The molecule has 0 saturated heterocycles. The Hall–Kier alpha value is -3.41. The highest BCUT2D eigenvalue weighted by molar-refractivity contribution is 5.71. The molecular formula is C68H118O6. The van der Waals surface area contributed by atoms with E-state index >= 15 is 0 Å². The minimum absolute atomic E-state index is 0.0849. The van der Waals surface area contributed by atoms with E-state index in [1.54, 1.807) is 0 Å². The number of rotatable bonds is 57. The molecule has 426 valence electrons. The van der Waals surface area contributed by atoms with E-state index in [0.717, 1.165) is 122 Å². The second-order valence-corrected chi connectivity index (χ2v) is 20.9. The van der Waals surface area contributed by atoms with Crippen LogP contribution in [0, 0.1) is 0 Å². The van der Waals surface area contributed by atoms with Crippen LogP contribution >= 0.6 is 0 Å². The molecule has 1 atom stereocenters. The standard InChI is InChI=1S/C68H118O6/c1-4-7-10-13-16-19-22-25-27-29-31-33-34-35-37-38-40-43-46-49-52-55-58-61-67(70)73-64-65(63-72-66(69)60-57-54-51-48-45-42-24-21-18-15-12-9-6-3)74-68(71)62-59-56-53-50-47-44-41-39-36-32-30-28-26-23-20-17-14-11-8-5-2/h7,10,12,15-16,19,21,24-25,27,31,33,35,37,65H,4-6,8-9,11,13-14,17-18,20,22-23,26,28-30,32,34,36,38-64H2,1-3H3/b10-7-,15-12-,19-16-,24-21-,27-25-,33-31-,37-35-. The van der Waals surface area contributed by atoms with Crippen LogP contribution in [0.15, 0.2) is 85.1 Å². The molecule has 6 nitrogen and oxygen atoms in total. The molecule has 0 fully saturated rings. The molecule has 0 aliphatic carbocycles. The zero-order valence-corrected chi connectivity index (χ0v) is 48.8. The summed E-state index contributed by atoms with van der Waals surface area (Å²) in [6.45, 7) is 6.48. The maximum absolute atomic E-state index is 12.9. The van der Waals surface area contributed by atoms with Crippen molar-refractivity contribution >= 4 is 17.9 Å². The van der Waals surface area contributed by atoms with E-state index < -0.39 is 6.10 Å². The normalized spacial score (nSPS) is 12.6. The average Bonchev–Trinajstić information content (AvgIpc) is 3.40. The predicted octanol–water partition coefficient (Wildman–Crippen LogP) is 21.5. The lowest BCUT2D eigenvalue weighted by Crippen LogP contribution is -2.30. The van der Waals surface area contributed by atoms with Gasteiger partial charge in [-0.05, 0) is 89.9 Å². The van der Waals surface area contributed by atoms with Crippen molar-refractivity contribution < 1.29 is 28.6 Å². The first kappa shape index (κ1) is 70.6. The van der Waals surface area contributed by atoms with Crippen molar-refractivity contribution in [1.82, 2.24) is 0 Å². The molecule has 0 aromatic carbocycles. The molecule has 0 saturated carbocycles. The summed E-state index contributed by atoms with van der Waals surface area (Å²) >= 11 is 0. The minimum Gasteiger partial charge on any atom is -0.462 e. The SMILES string of the molecule is CC/C=C\C/C=C\C/C=C\C/C=C\C/C=C\CCCCCCCCCC(=O)OCC(COC(=O)CCCCCCC/C=C\C/C=C\CCC)OC(=O)CCCCCCCCCCCCCCCCCCCCCC. The van der Waals surface area contributed by atoms with E-state index in [4.69, 9.17) is 14.2 Å². The Kier molecular flexibility index (Phi) is 59.3. The van der Waals surface area contributed by atoms with Crippen molar-refractivity contribution in [3.05, 3.63) is 85.1 Å². The van der Waals surface area contributed by atoms with Gasteiger partial charge in [-0.3, -0.25) is 14.4 Å². The van der Waals surface area contributed by atoms with Crippen LogP contribution in [0.5, 0.6) is 0 Å². The summed E-state index contributed by atoms with van der Waals surface area (Å²) in [5.41, 5.74) is 0. The van der Waals surface area contributed by atoms with Crippen molar-refractivity contribution in [3.8, 4) is 0 Å². The Bertz CT molecular complexity index is 1420. The number of carbonyl (C=O) groups is 3. The number of hydrogen-bond donors (Lipinski definition) is 0. The van der Waals surface area contributed by atoms with Gasteiger partial charge in [-0.15, -0.1) is 0 Å². The Morgan fingerprint density at radius 3 is 0.878 bits per heavy atom. The smallest absolute Gasteiger partial charge is 0.306 e. The summed E-state index contributed by atoms with van der Waals surface area (Å²) in [5, 5.41) is 0. The van der Waals surface area contributed by atoms with Gasteiger partial charge in [0, 0.05) is 19.3 Å². The molecule has 74 heavy (non-hydrogen) atoms. The van der Waals surface area contributed by atoms with Crippen LogP contribution in [0.25, 0.3) is 0 Å². The van der Waals surface area contributed by atoms with E-state index in [1.165, 1.54) is 148 Å². The molecular weight excluding hydrogens is 913 g/mol. The fourth-order valence-electron chi connectivity index (χ4n) is 8.92. The maximum Gasteiger partial charge on any atom is 0.306 e. The molecule has 1 unspecified atom stereocenters. The average molecular weight is 1030 g/mol. The molecule has 0 amide bonds. The van der Waals surface area contributed by atoms with E-state index in [9.17, 15) is 14.4 Å². The minimum atomic E-state index is -0.787. The molecule has 0 aromatic heterocycles. The Morgan fingerprint density at radius 1 is 0.284 bits per heavy atom. The molecule has 0 radical (unpaired) electrons. The van der Waals surface area contributed by atoms with Gasteiger partial charge < -0.3 is 14.2 Å². The second-order valence-electron chi connectivity index (χ2n) is 20.9. The lowest BCUT2D eigenvalue weighted by molar-refractivity contribution is -0.167. The third kappa shape index (κ3) is 59.5. The quantitative estimate of drug-likeness (QED) is 0.0261. The Balaban J connectivity index is 4.35. The molecule has 6 heteroatoms. The van der Waals surface area contributed by atoms with Crippen molar-refractivity contribution in [2.75, 3.05) is 13.2 Å². The van der Waals surface area contributed by atoms with Gasteiger partial charge >= 0.3 is 17.9 Å². The van der Waals surface area contributed by atoms with Gasteiger partial charge in [0.25, 0.3) is 0 Å². The highest BCUT2D eigenvalue weighted by atomic mass is 16.6. The Morgan fingerprint density at radius 2 is 0.554 bits per heavy atom. The third-order valence-electron chi connectivity index (χ3n) is 13.6. The van der Waals surface area contributed by atoms with Gasteiger partial charge in [-0.1, -0.05) is 286 Å². The van der Waals surface area contributed by atoms with Gasteiger partial charge in [0.05, 0.1) is 0 Å². The molecule has 0 aromatic rings. The molecule has 0 aliphatic rings. The lowest BCUT2D eigenvalue weighted by atomic mass is 10.0. The summed E-state index contributed by atoms with van der Waals surface area (Å²) in [6.07, 6.45) is 81.6. The zero-order valence-electron chi connectivity index (χ0n) is 48.8. The Labute approximate surface area is 458 Å². The molecule has 0 spiro atoms. The first-order valence-corrected chi connectivity index (χ1v) is 31.6. The van der Waals surface area contributed by atoms with E-state index in [1.807, 2.05) is 0 Å². The van der Waals surface area contributed by atoms with E-state index in [2.05, 4.69) is 106 Å². The monoisotopic (exact) mass is 1030 g/mol. The van der Waals surface area contributed by atoms with Crippen LogP contribution in [0.1, 0.15) is 310 Å². The van der Waals surface area contributed by atoms with Gasteiger partial charge in [-0.2, -0.15) is 0 Å². The fraction of sp³-hybridized carbons (Fsp3) is 0.750. The third-order valence-corrected chi connectivity index (χ3v) is 13.6. The molecule has 0 aliphatic heterocycles. The number of ether oxygens (including phenoxy) is 3. The highest BCUT2D eigenvalue weighted by Crippen LogP contribution is 2.17. The van der Waals surface area contributed by atoms with Crippen LogP contribution in [0.2, 0.25) is 0 Å². The van der Waals surface area contributed by atoms with Crippen molar-refractivity contribution in [2.24, 2.45) is 0 Å². The summed E-state index contributed by atoms with van der Waals surface area (Å²) in [7, 11) is 0. The summed E-state index contributed by atoms with van der Waals surface area (Å²) in [4.78, 5) is 38.3. The first-order valence-electron chi connectivity index (χ1n) is 31.6. The van der Waals surface area contributed by atoms with Crippen LogP contribution in [-0.4, -0.2) is 37.2 Å². The largest absolute Gasteiger partial charge is 0.462 e. The van der Waals surface area contributed by atoms with Crippen LogP contribution in [0.4, 0.5) is 0 Å². The number of allylic oxidation sites excluding steroid dienone is 14. The molecule has 0 N–H and O–H groups in total. The lowest BCUT2D eigenvalue weighted by Gasteiger charge is -2.18. The molecule has 0 bridgehead atoms. The second kappa shape index (κ2) is 62.1. The fourth-order valence-corrected chi connectivity index (χ4v) is 8.92. The van der Waals surface area contributed by atoms with Gasteiger partial charge in [-0.25, -0.2) is 0 Å². The number of esters is 3. The topological polar surface area (TPSA) is 78.9 Å². The molecule has 0 rings (SSSR count). The van der Waals surface area contributed by atoms with Gasteiger partial charge in [0.1, 0.15) is 13.2 Å². The van der Waals surface area contributed by atoms with Crippen LogP contribution in [-0.2, 0) is 28.6 Å². The van der Waals surface area contributed by atoms with Crippen molar-refractivity contribution in [1.29, 1.82) is 0 Å². The summed E-state index contributed by atoms with van der Waals surface area (Å²) < 4.78 is 16.9. The van der Waals surface area contributed by atoms with Gasteiger partial charge in [0.15, 0.2) is 6.10 Å². The van der Waals surface area contributed by atoms with E-state index in [-0.39, 0.29) is 31.1 Å². The summed E-state index contributed by atoms with van der Waals surface area (Å²) in [6, 6.07) is 0.